The molecule has 3 rings (SSSR count). The van der Waals surface area contributed by atoms with Gasteiger partial charge < -0.3 is 14.8 Å². The highest BCUT2D eigenvalue weighted by Gasteiger charge is 2.45. The number of hydrogen-bond donors (Lipinski definition) is 1. The smallest absolute Gasteiger partial charge is 0.183 e. The van der Waals surface area contributed by atoms with Gasteiger partial charge in [-0.05, 0) is 49.7 Å². The number of nitrogens with one attached hydrogen (secondary N) is 1. The molecule has 0 bridgehead atoms. The number of ether oxygens (including phenoxy) is 2. The molecule has 1 heterocycles. The maximum atomic E-state index is 13.1. The van der Waals surface area contributed by atoms with Crippen molar-refractivity contribution in [3.05, 3.63) is 53.6 Å². The van der Waals surface area contributed by atoms with Crippen molar-refractivity contribution >= 4 is 19.7 Å². The summed E-state index contributed by atoms with van der Waals surface area (Å²) in [6.45, 7) is 2.31. The average molecular weight is 454 g/mol. The van der Waals surface area contributed by atoms with Crippen LogP contribution in [-0.2, 0) is 26.1 Å². The minimum absolute atomic E-state index is 0.155. The van der Waals surface area contributed by atoms with E-state index >= 15 is 0 Å². The molecule has 0 amide bonds. The molecule has 1 N–H and O–H groups in total. The van der Waals surface area contributed by atoms with Gasteiger partial charge in [0.05, 0.1) is 35.9 Å². The Morgan fingerprint density at radius 1 is 1.00 bits per heavy atom. The van der Waals surface area contributed by atoms with Gasteiger partial charge in [0.25, 0.3) is 0 Å². The Bertz CT molecular complexity index is 1090. The first-order chi connectivity index (χ1) is 14.2. The SMILES string of the molecule is COc1ccc(CCN[C@@H]2CS(=O)(=O)C[C@H]2S(=O)(=O)c2ccc(C)cc2)cc1OC. The van der Waals surface area contributed by atoms with Gasteiger partial charge in [-0.15, -0.1) is 0 Å². The molecule has 0 saturated carbocycles. The predicted molar refractivity (Wildman–Crippen MR) is 116 cm³/mol. The second-order valence-corrected chi connectivity index (χ2v) is 11.8. The van der Waals surface area contributed by atoms with Crippen molar-refractivity contribution in [2.45, 2.75) is 29.5 Å². The number of sulfone groups is 2. The van der Waals surface area contributed by atoms with E-state index < -0.39 is 31.0 Å². The van der Waals surface area contributed by atoms with Crippen molar-refractivity contribution in [3.63, 3.8) is 0 Å². The highest BCUT2D eigenvalue weighted by atomic mass is 32.2. The summed E-state index contributed by atoms with van der Waals surface area (Å²) in [6.07, 6.45) is 0.591. The first kappa shape index (κ1) is 22.6. The van der Waals surface area contributed by atoms with Crippen LogP contribution in [0.2, 0.25) is 0 Å². The highest BCUT2D eigenvalue weighted by molar-refractivity contribution is 7.96. The third-order valence-corrected chi connectivity index (χ3v) is 9.48. The topological polar surface area (TPSA) is 98.8 Å². The lowest BCUT2D eigenvalue weighted by molar-refractivity contribution is 0.354. The van der Waals surface area contributed by atoms with E-state index in [2.05, 4.69) is 5.32 Å². The van der Waals surface area contributed by atoms with Gasteiger partial charge in [-0.3, -0.25) is 0 Å². The molecule has 164 valence electrons. The van der Waals surface area contributed by atoms with Crippen LogP contribution in [0.25, 0.3) is 0 Å². The predicted octanol–water partition coefficient (Wildman–Crippen LogP) is 1.78. The minimum Gasteiger partial charge on any atom is -0.493 e. The van der Waals surface area contributed by atoms with Crippen LogP contribution in [0.15, 0.2) is 47.4 Å². The summed E-state index contributed by atoms with van der Waals surface area (Å²) in [5.41, 5.74) is 1.91. The summed E-state index contributed by atoms with van der Waals surface area (Å²) in [6, 6.07) is 11.4. The molecule has 1 saturated heterocycles. The Labute approximate surface area is 178 Å². The van der Waals surface area contributed by atoms with Gasteiger partial charge in [-0.25, -0.2) is 16.8 Å². The molecule has 0 radical (unpaired) electrons. The van der Waals surface area contributed by atoms with Crippen molar-refractivity contribution in [1.82, 2.24) is 5.32 Å². The molecule has 7 nitrogen and oxygen atoms in total. The monoisotopic (exact) mass is 453 g/mol. The van der Waals surface area contributed by atoms with Crippen LogP contribution >= 0.6 is 0 Å². The van der Waals surface area contributed by atoms with Crippen LogP contribution in [0.3, 0.4) is 0 Å². The van der Waals surface area contributed by atoms with Crippen molar-refractivity contribution in [1.29, 1.82) is 0 Å². The summed E-state index contributed by atoms with van der Waals surface area (Å²) in [4.78, 5) is 0.155. The van der Waals surface area contributed by atoms with Crippen molar-refractivity contribution in [2.24, 2.45) is 0 Å². The first-order valence-electron chi connectivity index (χ1n) is 9.61. The Morgan fingerprint density at radius 2 is 1.67 bits per heavy atom. The molecule has 1 fully saturated rings. The molecule has 2 aromatic rings. The van der Waals surface area contributed by atoms with Crippen LogP contribution in [-0.4, -0.2) is 60.4 Å². The quantitative estimate of drug-likeness (QED) is 0.650. The second-order valence-electron chi connectivity index (χ2n) is 7.47. The molecule has 2 aromatic carbocycles. The standard InChI is InChI=1S/C21H27NO6S2/c1-15-4-7-17(8-5-15)30(25,26)21-14-29(23,24)13-18(21)22-11-10-16-6-9-19(27-2)20(12-16)28-3/h4-9,12,18,21-22H,10-11,13-14H2,1-3H3/t18-,21-/m1/s1. The van der Waals surface area contributed by atoms with Gasteiger partial charge in [-0.1, -0.05) is 23.8 Å². The zero-order chi connectivity index (χ0) is 21.9. The maximum absolute atomic E-state index is 13.1. The van der Waals surface area contributed by atoms with E-state index in [1.807, 2.05) is 19.1 Å². The Kier molecular flexibility index (Phi) is 6.74. The summed E-state index contributed by atoms with van der Waals surface area (Å²) < 4.78 is 61.2. The van der Waals surface area contributed by atoms with Gasteiger partial charge in [0, 0.05) is 6.04 Å². The van der Waals surface area contributed by atoms with E-state index in [1.54, 1.807) is 32.4 Å². The second kappa shape index (κ2) is 8.95. The van der Waals surface area contributed by atoms with E-state index in [4.69, 9.17) is 9.47 Å². The number of benzene rings is 2. The Morgan fingerprint density at radius 3 is 2.30 bits per heavy atom. The van der Waals surface area contributed by atoms with Gasteiger partial charge in [0.15, 0.2) is 31.2 Å². The molecule has 0 spiro atoms. The number of methoxy groups -OCH3 is 2. The fraction of sp³-hybridized carbons (Fsp3) is 0.429. The molecular formula is C21H27NO6S2. The molecular weight excluding hydrogens is 426 g/mol. The van der Waals surface area contributed by atoms with Crippen LogP contribution in [0, 0.1) is 6.92 Å². The maximum Gasteiger partial charge on any atom is 0.183 e. The zero-order valence-electron chi connectivity index (χ0n) is 17.3. The third kappa shape index (κ3) is 4.96. The van der Waals surface area contributed by atoms with Crippen molar-refractivity contribution in [3.8, 4) is 11.5 Å². The summed E-state index contributed by atoms with van der Waals surface area (Å²) in [5, 5.41) is 2.15. The largest absolute Gasteiger partial charge is 0.493 e. The Hall–Kier alpha value is -2.10. The first-order valence-corrected chi connectivity index (χ1v) is 13.0. The molecule has 1 aliphatic heterocycles. The van der Waals surface area contributed by atoms with Gasteiger partial charge in [0.1, 0.15) is 0 Å². The van der Waals surface area contributed by atoms with Gasteiger partial charge in [0.2, 0.25) is 0 Å². The molecule has 0 aliphatic carbocycles. The third-order valence-electron chi connectivity index (χ3n) is 5.32. The van der Waals surface area contributed by atoms with E-state index in [-0.39, 0.29) is 16.4 Å². The van der Waals surface area contributed by atoms with Crippen LogP contribution < -0.4 is 14.8 Å². The normalized spacial score (nSPS) is 20.8. The van der Waals surface area contributed by atoms with Gasteiger partial charge in [-0.2, -0.15) is 0 Å². The lowest BCUT2D eigenvalue weighted by Crippen LogP contribution is -2.44. The van der Waals surface area contributed by atoms with E-state index in [9.17, 15) is 16.8 Å². The van der Waals surface area contributed by atoms with Crippen LogP contribution in [0.5, 0.6) is 11.5 Å². The highest BCUT2D eigenvalue weighted by Crippen LogP contribution is 2.28. The van der Waals surface area contributed by atoms with E-state index in [0.717, 1.165) is 11.1 Å². The summed E-state index contributed by atoms with van der Waals surface area (Å²) >= 11 is 0. The van der Waals surface area contributed by atoms with Gasteiger partial charge >= 0.3 is 0 Å². The molecule has 9 heteroatoms. The number of aryl methyl sites for hydroxylation is 1. The summed E-state index contributed by atoms with van der Waals surface area (Å²) in [5.74, 6) is 0.685. The molecule has 30 heavy (non-hydrogen) atoms. The lowest BCUT2D eigenvalue weighted by Gasteiger charge is -2.20. The number of hydrogen-bond acceptors (Lipinski definition) is 7. The fourth-order valence-corrected chi connectivity index (χ4v) is 8.37. The van der Waals surface area contributed by atoms with Crippen molar-refractivity contribution < 1.29 is 26.3 Å². The molecule has 1 aliphatic rings. The Balaban J connectivity index is 1.73. The molecule has 0 aromatic heterocycles. The molecule has 0 unspecified atom stereocenters. The fourth-order valence-electron chi connectivity index (χ4n) is 3.65. The van der Waals surface area contributed by atoms with Crippen molar-refractivity contribution in [2.75, 3.05) is 32.3 Å². The average Bonchev–Trinajstić information content (AvgIpc) is 3.03. The minimum atomic E-state index is -3.77. The number of rotatable bonds is 8. The lowest BCUT2D eigenvalue weighted by atomic mass is 10.1. The summed E-state index contributed by atoms with van der Waals surface area (Å²) in [7, 11) is -4.08. The van der Waals surface area contributed by atoms with Crippen LogP contribution in [0.1, 0.15) is 11.1 Å². The molecule has 2 atom stereocenters. The van der Waals surface area contributed by atoms with E-state index in [1.165, 1.54) is 12.1 Å². The van der Waals surface area contributed by atoms with Crippen LogP contribution in [0.4, 0.5) is 0 Å². The zero-order valence-corrected chi connectivity index (χ0v) is 18.9. The van der Waals surface area contributed by atoms with E-state index in [0.29, 0.717) is 24.5 Å².